The number of aliphatic imine (C=N–C) groups is 1. The second kappa shape index (κ2) is 8.50. The van der Waals surface area contributed by atoms with Gasteiger partial charge in [-0.25, -0.2) is 17.5 Å². The van der Waals surface area contributed by atoms with Crippen molar-refractivity contribution in [2.75, 3.05) is 13.7 Å². The van der Waals surface area contributed by atoms with E-state index in [1.165, 1.54) is 7.11 Å². The van der Waals surface area contributed by atoms with Crippen molar-refractivity contribution in [3.8, 4) is 11.5 Å². The fourth-order valence-corrected chi connectivity index (χ4v) is 5.59. The van der Waals surface area contributed by atoms with Gasteiger partial charge in [0.2, 0.25) is 0 Å². The number of rotatable bonds is 5. The summed E-state index contributed by atoms with van der Waals surface area (Å²) in [6.45, 7) is 4.39. The summed E-state index contributed by atoms with van der Waals surface area (Å²) in [4.78, 5) is 29.4. The Kier molecular flexibility index (Phi) is 6.17. The molecule has 9 heteroatoms. The lowest BCUT2D eigenvalue weighted by atomic mass is 10.1. The number of benzene rings is 2. The van der Waals surface area contributed by atoms with Crippen LogP contribution in [0.15, 0.2) is 59.6 Å². The van der Waals surface area contributed by atoms with Gasteiger partial charge in [0, 0.05) is 0 Å². The Labute approximate surface area is 181 Å². The molecule has 0 saturated carbocycles. The number of hydrogen-bond acceptors (Lipinski definition) is 7. The van der Waals surface area contributed by atoms with Gasteiger partial charge >= 0.3 is 5.97 Å². The first-order chi connectivity index (χ1) is 14.6. The topological polar surface area (TPSA) is 102 Å². The first kappa shape index (κ1) is 22.5. The smallest absolute Gasteiger partial charge is 0.333 e. The second-order valence-electron chi connectivity index (χ2n) is 7.93. The van der Waals surface area contributed by atoms with Gasteiger partial charge < -0.3 is 9.47 Å². The molecule has 8 nitrogen and oxygen atoms in total. The first-order valence-electron chi connectivity index (χ1n) is 9.58. The molecule has 1 fully saturated rings. The van der Waals surface area contributed by atoms with E-state index in [9.17, 15) is 18.0 Å². The average Bonchev–Trinajstić information content (AvgIpc) is 2.92. The van der Waals surface area contributed by atoms with E-state index in [0.29, 0.717) is 11.3 Å². The van der Waals surface area contributed by atoms with Crippen molar-refractivity contribution in [1.82, 2.24) is 4.31 Å². The molecule has 1 amide bonds. The largest absolute Gasteiger partial charge is 0.497 e. The van der Waals surface area contributed by atoms with E-state index < -0.39 is 39.2 Å². The lowest BCUT2D eigenvalue weighted by Crippen LogP contribution is -2.45. The van der Waals surface area contributed by atoms with Crippen LogP contribution in [0.4, 0.5) is 0 Å². The Morgan fingerprint density at radius 1 is 1.03 bits per heavy atom. The third-order valence-corrected chi connectivity index (χ3v) is 6.90. The zero-order chi connectivity index (χ0) is 22.8. The molecule has 1 unspecified atom stereocenters. The molecule has 1 atom stereocenters. The van der Waals surface area contributed by atoms with Crippen molar-refractivity contribution in [1.29, 1.82) is 0 Å². The highest BCUT2D eigenvalue weighted by Gasteiger charge is 2.54. The zero-order valence-electron chi connectivity index (χ0n) is 17.7. The normalized spacial score (nSPS) is 19.5. The van der Waals surface area contributed by atoms with Crippen molar-refractivity contribution in [3.63, 3.8) is 0 Å². The van der Waals surface area contributed by atoms with Gasteiger partial charge in [-0.05, 0) is 50.6 Å². The van der Waals surface area contributed by atoms with Gasteiger partial charge in [-0.1, -0.05) is 30.3 Å². The fourth-order valence-electron chi connectivity index (χ4n) is 3.33. The van der Waals surface area contributed by atoms with Crippen molar-refractivity contribution in [2.24, 2.45) is 4.99 Å². The molecule has 0 N–H and O–H groups in total. The molecular formula is C22H24N2O6S. The van der Waals surface area contributed by atoms with E-state index in [-0.39, 0.29) is 11.5 Å². The molecule has 0 aromatic heterocycles. The van der Waals surface area contributed by atoms with Crippen LogP contribution in [-0.4, -0.2) is 49.5 Å². The number of nitrogens with zero attached hydrogens (tertiary/aromatic N) is 2. The van der Waals surface area contributed by atoms with Crippen molar-refractivity contribution < 1.29 is 27.5 Å². The second-order valence-corrected chi connectivity index (χ2v) is 9.79. The summed E-state index contributed by atoms with van der Waals surface area (Å²) in [6.07, 6.45) is 0. The van der Waals surface area contributed by atoms with Gasteiger partial charge in [0.25, 0.3) is 15.9 Å². The van der Waals surface area contributed by atoms with Gasteiger partial charge in [0.1, 0.15) is 23.8 Å². The highest BCUT2D eigenvalue weighted by atomic mass is 32.2. The molecule has 1 aliphatic heterocycles. The van der Waals surface area contributed by atoms with Crippen LogP contribution < -0.4 is 9.47 Å². The lowest BCUT2D eigenvalue weighted by Gasteiger charge is -2.30. The molecular weight excluding hydrogens is 420 g/mol. The van der Waals surface area contributed by atoms with Crippen LogP contribution in [0.1, 0.15) is 31.6 Å². The van der Waals surface area contributed by atoms with Crippen LogP contribution in [0.2, 0.25) is 0 Å². The number of carbonyl (C=O) groups excluding carboxylic acids is 2. The minimum Gasteiger partial charge on any atom is -0.497 e. The van der Waals surface area contributed by atoms with E-state index in [4.69, 9.17) is 9.47 Å². The zero-order valence-corrected chi connectivity index (χ0v) is 18.5. The predicted octanol–water partition coefficient (Wildman–Crippen LogP) is 2.75. The summed E-state index contributed by atoms with van der Waals surface area (Å²) in [5, 5.41) is -1.28. The number of methoxy groups -OCH3 is 1. The Balaban J connectivity index is 1.91. The lowest BCUT2D eigenvalue weighted by molar-refractivity contribution is -0.132. The van der Waals surface area contributed by atoms with E-state index in [1.54, 1.807) is 75.4 Å². The van der Waals surface area contributed by atoms with Crippen LogP contribution in [-0.2, 0) is 19.6 Å². The number of amides is 1. The van der Waals surface area contributed by atoms with Crippen LogP contribution in [0.25, 0.3) is 0 Å². The van der Waals surface area contributed by atoms with Gasteiger partial charge in [-0.2, -0.15) is 0 Å². The SMILES string of the molecule is COc1ccc(OC(=O)CN=C2C(=O)N(C(C)(C)C)S(=O)(=O)C2c2ccccc2)cc1. The molecule has 3 rings (SSSR count). The van der Waals surface area contributed by atoms with Crippen molar-refractivity contribution in [2.45, 2.75) is 31.6 Å². The maximum atomic E-state index is 13.3. The van der Waals surface area contributed by atoms with Crippen LogP contribution >= 0.6 is 0 Å². The molecule has 0 radical (unpaired) electrons. The average molecular weight is 445 g/mol. The fraction of sp³-hybridized carbons (Fsp3) is 0.318. The van der Waals surface area contributed by atoms with Gasteiger partial charge in [-0.15, -0.1) is 0 Å². The monoisotopic (exact) mass is 444 g/mol. The van der Waals surface area contributed by atoms with Crippen LogP contribution in [0, 0.1) is 0 Å². The number of hydrogen-bond donors (Lipinski definition) is 0. The number of carbonyl (C=O) groups is 2. The third kappa shape index (κ3) is 4.61. The molecule has 0 bridgehead atoms. The van der Waals surface area contributed by atoms with E-state index in [0.717, 1.165) is 4.31 Å². The van der Waals surface area contributed by atoms with E-state index in [2.05, 4.69) is 4.99 Å². The van der Waals surface area contributed by atoms with Crippen LogP contribution in [0.3, 0.4) is 0 Å². The summed E-state index contributed by atoms with van der Waals surface area (Å²) in [6, 6.07) is 14.7. The molecule has 1 saturated heterocycles. The number of esters is 1. The first-order valence-corrected chi connectivity index (χ1v) is 11.1. The number of sulfonamides is 1. The molecule has 0 spiro atoms. The maximum absolute atomic E-state index is 13.3. The van der Waals surface area contributed by atoms with Gasteiger partial charge in [0.05, 0.1) is 12.6 Å². The van der Waals surface area contributed by atoms with Crippen molar-refractivity contribution >= 4 is 27.6 Å². The van der Waals surface area contributed by atoms with Gasteiger partial charge in [0.15, 0.2) is 5.25 Å². The minimum atomic E-state index is -4.06. The minimum absolute atomic E-state index is 0.201. The summed E-state index contributed by atoms with van der Waals surface area (Å²) in [5.74, 6) is -0.565. The summed E-state index contributed by atoms with van der Waals surface area (Å²) in [5.41, 5.74) is -0.776. The molecule has 164 valence electrons. The maximum Gasteiger partial charge on any atom is 0.333 e. The number of ether oxygens (including phenoxy) is 2. The summed E-state index contributed by atoms with van der Waals surface area (Å²) in [7, 11) is -2.54. The van der Waals surface area contributed by atoms with E-state index >= 15 is 0 Å². The summed E-state index contributed by atoms with van der Waals surface area (Å²) < 4.78 is 37.6. The van der Waals surface area contributed by atoms with E-state index in [1.807, 2.05) is 0 Å². The van der Waals surface area contributed by atoms with Gasteiger partial charge in [-0.3, -0.25) is 9.79 Å². The molecule has 2 aromatic carbocycles. The Morgan fingerprint density at radius 3 is 2.16 bits per heavy atom. The molecule has 1 heterocycles. The quantitative estimate of drug-likeness (QED) is 0.519. The Hall–Kier alpha value is -3.20. The highest BCUT2D eigenvalue weighted by molar-refractivity contribution is 7.91. The molecule has 2 aromatic rings. The Bertz CT molecular complexity index is 1100. The van der Waals surface area contributed by atoms with Crippen LogP contribution in [0.5, 0.6) is 11.5 Å². The molecule has 1 aliphatic rings. The summed E-state index contributed by atoms with van der Waals surface area (Å²) >= 11 is 0. The third-order valence-electron chi connectivity index (χ3n) is 4.59. The standard InChI is InChI=1S/C22H24N2O6S/c1-22(2,3)24-21(26)19(20(31(24,27)28)15-8-6-5-7-9-15)23-14-18(25)30-17-12-10-16(29-4)11-13-17/h5-13,20H,14H2,1-4H3. The Morgan fingerprint density at radius 2 is 1.61 bits per heavy atom. The van der Waals surface area contributed by atoms with Crippen molar-refractivity contribution in [3.05, 3.63) is 60.2 Å². The predicted molar refractivity (Wildman–Crippen MR) is 116 cm³/mol. The molecule has 31 heavy (non-hydrogen) atoms. The molecule has 0 aliphatic carbocycles. The highest BCUT2D eigenvalue weighted by Crippen LogP contribution is 2.38.